The lowest BCUT2D eigenvalue weighted by Crippen LogP contribution is -2.49. The number of aryl methyl sites for hydroxylation is 1. The van der Waals surface area contributed by atoms with E-state index in [9.17, 15) is 13.2 Å². The number of benzene rings is 1. The summed E-state index contributed by atoms with van der Waals surface area (Å²) in [6.45, 7) is 5.69. The van der Waals surface area contributed by atoms with Crippen LogP contribution in [0.25, 0.3) is 5.78 Å². The van der Waals surface area contributed by atoms with Crippen LogP contribution < -0.4 is 4.90 Å². The van der Waals surface area contributed by atoms with Crippen molar-refractivity contribution < 1.29 is 13.2 Å². The molecule has 0 unspecified atom stereocenters. The van der Waals surface area contributed by atoms with E-state index in [1.54, 1.807) is 33.1 Å². The van der Waals surface area contributed by atoms with Crippen molar-refractivity contribution >= 4 is 27.5 Å². The van der Waals surface area contributed by atoms with Crippen molar-refractivity contribution in [1.29, 1.82) is 0 Å². The summed E-state index contributed by atoms with van der Waals surface area (Å²) in [6.07, 6.45) is 4.64. The number of piperidine rings is 1. The van der Waals surface area contributed by atoms with Crippen LogP contribution in [0.15, 0.2) is 41.6 Å². The molecule has 3 aromatic rings. The fourth-order valence-electron chi connectivity index (χ4n) is 4.64. The van der Waals surface area contributed by atoms with Crippen molar-refractivity contribution in [3.05, 3.63) is 47.9 Å². The lowest BCUT2D eigenvalue weighted by atomic mass is 10.1. The molecule has 11 heteroatoms. The summed E-state index contributed by atoms with van der Waals surface area (Å²) >= 11 is 0. The second-order valence-electron chi connectivity index (χ2n) is 8.88. The third kappa shape index (κ3) is 4.49. The van der Waals surface area contributed by atoms with Crippen molar-refractivity contribution in [2.24, 2.45) is 0 Å². The van der Waals surface area contributed by atoms with Crippen molar-refractivity contribution in [3.63, 3.8) is 0 Å². The van der Waals surface area contributed by atoms with Gasteiger partial charge in [-0.15, -0.1) is 0 Å². The minimum Gasteiger partial charge on any atom is -0.353 e. The van der Waals surface area contributed by atoms with E-state index in [2.05, 4.69) is 20.0 Å². The number of aromatic nitrogens is 4. The minimum atomic E-state index is -3.46. The molecule has 4 heterocycles. The molecule has 1 amide bonds. The van der Waals surface area contributed by atoms with E-state index >= 15 is 0 Å². The molecule has 2 saturated heterocycles. The molecular formula is C23H29N7O3S. The first-order chi connectivity index (χ1) is 16.4. The van der Waals surface area contributed by atoms with Crippen LogP contribution in [0.3, 0.4) is 0 Å². The largest absolute Gasteiger partial charge is 0.353 e. The van der Waals surface area contributed by atoms with Gasteiger partial charge in [0.15, 0.2) is 0 Å². The summed E-state index contributed by atoms with van der Waals surface area (Å²) in [7, 11) is -3.46. The molecule has 2 aliphatic rings. The predicted octanol–water partition coefficient (Wildman–Crippen LogP) is 1.50. The van der Waals surface area contributed by atoms with Crippen LogP contribution in [0.2, 0.25) is 0 Å². The van der Waals surface area contributed by atoms with Crippen LogP contribution in [0.1, 0.15) is 30.5 Å². The van der Waals surface area contributed by atoms with Gasteiger partial charge in [-0.3, -0.25) is 4.79 Å². The van der Waals surface area contributed by atoms with Crippen LogP contribution in [0.5, 0.6) is 0 Å². The molecule has 10 nitrogen and oxygen atoms in total. The molecule has 2 fully saturated rings. The molecule has 34 heavy (non-hydrogen) atoms. The van der Waals surface area contributed by atoms with Gasteiger partial charge < -0.3 is 9.80 Å². The molecule has 0 saturated carbocycles. The van der Waals surface area contributed by atoms with Gasteiger partial charge >= 0.3 is 0 Å². The first kappa shape index (κ1) is 22.7. The van der Waals surface area contributed by atoms with Crippen molar-refractivity contribution in [1.82, 2.24) is 28.8 Å². The second-order valence-corrected chi connectivity index (χ2v) is 10.8. The maximum atomic E-state index is 12.9. The Hall–Kier alpha value is -3.05. The zero-order valence-corrected chi connectivity index (χ0v) is 20.1. The lowest BCUT2D eigenvalue weighted by molar-refractivity contribution is -0.130. The van der Waals surface area contributed by atoms with Gasteiger partial charge in [0, 0.05) is 51.0 Å². The number of rotatable bonds is 5. The van der Waals surface area contributed by atoms with E-state index < -0.39 is 10.0 Å². The highest BCUT2D eigenvalue weighted by molar-refractivity contribution is 7.89. The van der Waals surface area contributed by atoms with Crippen LogP contribution in [0.4, 0.5) is 5.82 Å². The second kappa shape index (κ2) is 9.30. The molecule has 0 spiro atoms. The topological polar surface area (TPSA) is 104 Å². The summed E-state index contributed by atoms with van der Waals surface area (Å²) in [5.74, 6) is 1.54. The standard InChI is InChI=1S/C23H29N7O3S/c1-18-15-21(30-23(26-18)24-17-25-30)27-11-13-28(14-12-27)22(31)16-19-5-7-20(8-6-19)34(32,33)29-9-3-2-4-10-29/h5-8,15,17H,2-4,9-14,16H2,1H3. The quantitative estimate of drug-likeness (QED) is 0.542. The first-order valence-corrected chi connectivity index (χ1v) is 13.1. The summed E-state index contributed by atoms with van der Waals surface area (Å²) in [5.41, 5.74) is 1.69. The fraction of sp³-hybridized carbons (Fsp3) is 0.478. The molecule has 180 valence electrons. The highest BCUT2D eigenvalue weighted by Gasteiger charge is 2.26. The molecule has 2 aromatic heterocycles. The molecule has 1 aromatic carbocycles. The van der Waals surface area contributed by atoms with E-state index in [4.69, 9.17) is 0 Å². The van der Waals surface area contributed by atoms with Gasteiger partial charge in [-0.1, -0.05) is 18.6 Å². The van der Waals surface area contributed by atoms with Gasteiger partial charge in [-0.25, -0.2) is 13.4 Å². The van der Waals surface area contributed by atoms with Gasteiger partial charge in [-0.2, -0.15) is 18.9 Å². The number of sulfonamides is 1. The van der Waals surface area contributed by atoms with Gasteiger partial charge in [0.25, 0.3) is 5.78 Å². The lowest BCUT2D eigenvalue weighted by Gasteiger charge is -2.36. The Bertz CT molecular complexity index is 1280. The summed E-state index contributed by atoms with van der Waals surface area (Å²) in [5, 5.41) is 4.27. The molecule has 0 atom stereocenters. The average molecular weight is 484 g/mol. The number of fused-ring (bicyclic) bond motifs is 1. The van der Waals surface area contributed by atoms with Gasteiger partial charge in [0.05, 0.1) is 11.3 Å². The summed E-state index contributed by atoms with van der Waals surface area (Å²) in [6, 6.07) is 8.75. The van der Waals surface area contributed by atoms with E-state index in [-0.39, 0.29) is 12.3 Å². The number of hydrogen-bond donors (Lipinski definition) is 0. The Morgan fingerprint density at radius 3 is 2.38 bits per heavy atom. The number of anilines is 1. The number of piperazine rings is 1. The van der Waals surface area contributed by atoms with Crippen molar-refractivity contribution in [2.45, 2.75) is 37.5 Å². The van der Waals surface area contributed by atoms with Crippen molar-refractivity contribution in [2.75, 3.05) is 44.2 Å². The van der Waals surface area contributed by atoms with E-state index in [0.29, 0.717) is 49.9 Å². The number of nitrogens with zero attached hydrogens (tertiary/aromatic N) is 7. The van der Waals surface area contributed by atoms with Crippen molar-refractivity contribution in [3.8, 4) is 0 Å². The van der Waals surface area contributed by atoms with E-state index in [1.807, 2.05) is 17.9 Å². The van der Waals surface area contributed by atoms with Crippen LogP contribution >= 0.6 is 0 Å². The average Bonchev–Trinajstić information content (AvgIpc) is 3.33. The monoisotopic (exact) mass is 483 g/mol. The number of carbonyl (C=O) groups excluding carboxylic acids is 1. The molecular weight excluding hydrogens is 454 g/mol. The summed E-state index contributed by atoms with van der Waals surface area (Å²) < 4.78 is 29.0. The van der Waals surface area contributed by atoms with Crippen LogP contribution in [-0.4, -0.2) is 82.4 Å². The zero-order chi connectivity index (χ0) is 23.7. The fourth-order valence-corrected chi connectivity index (χ4v) is 6.16. The molecule has 2 aliphatic heterocycles. The Balaban J connectivity index is 1.20. The van der Waals surface area contributed by atoms with Crippen LogP contribution in [0, 0.1) is 6.92 Å². The number of amides is 1. The predicted molar refractivity (Wildman–Crippen MR) is 127 cm³/mol. The number of hydrogen-bond acceptors (Lipinski definition) is 7. The molecule has 0 radical (unpaired) electrons. The van der Waals surface area contributed by atoms with E-state index in [1.165, 1.54) is 6.33 Å². The first-order valence-electron chi connectivity index (χ1n) is 11.7. The highest BCUT2D eigenvalue weighted by Crippen LogP contribution is 2.22. The maximum absolute atomic E-state index is 12.9. The highest BCUT2D eigenvalue weighted by atomic mass is 32.2. The normalized spacial score (nSPS) is 17.9. The van der Waals surface area contributed by atoms with Gasteiger partial charge in [-0.05, 0) is 37.5 Å². The molecule has 0 bridgehead atoms. The number of carbonyl (C=O) groups is 1. The molecule has 0 aliphatic carbocycles. The van der Waals surface area contributed by atoms with Crippen LogP contribution in [-0.2, 0) is 21.2 Å². The smallest absolute Gasteiger partial charge is 0.254 e. The Morgan fingerprint density at radius 2 is 1.68 bits per heavy atom. The minimum absolute atomic E-state index is 0.0445. The zero-order valence-electron chi connectivity index (χ0n) is 19.3. The van der Waals surface area contributed by atoms with Gasteiger partial charge in [0.2, 0.25) is 15.9 Å². The van der Waals surface area contributed by atoms with Gasteiger partial charge in [0.1, 0.15) is 12.1 Å². The third-order valence-corrected chi connectivity index (χ3v) is 8.46. The Kier molecular flexibility index (Phi) is 6.22. The van der Waals surface area contributed by atoms with E-state index in [0.717, 1.165) is 36.3 Å². The Morgan fingerprint density at radius 1 is 0.971 bits per heavy atom. The SMILES string of the molecule is Cc1cc(N2CCN(C(=O)Cc3ccc(S(=O)(=O)N4CCCCC4)cc3)CC2)n2ncnc2n1. The molecule has 0 N–H and O–H groups in total. The third-order valence-electron chi connectivity index (χ3n) is 6.55. The molecule has 5 rings (SSSR count). The summed E-state index contributed by atoms with van der Waals surface area (Å²) in [4.78, 5) is 25.8. The maximum Gasteiger partial charge on any atom is 0.254 e. The Labute approximate surface area is 199 Å².